The van der Waals surface area contributed by atoms with E-state index in [2.05, 4.69) is 21.3 Å². The minimum atomic E-state index is -1.07. The van der Waals surface area contributed by atoms with Crippen molar-refractivity contribution in [2.45, 2.75) is 63.3 Å². The van der Waals surface area contributed by atoms with Crippen LogP contribution in [0.3, 0.4) is 0 Å². The molecule has 0 bridgehead atoms. The van der Waals surface area contributed by atoms with Crippen LogP contribution in [-0.4, -0.2) is 54.4 Å². The van der Waals surface area contributed by atoms with Crippen LogP contribution in [0, 0.1) is 11.8 Å². The van der Waals surface area contributed by atoms with Gasteiger partial charge >= 0.3 is 6.09 Å². The second-order valence-corrected chi connectivity index (χ2v) is 11.8. The highest BCUT2D eigenvalue weighted by molar-refractivity contribution is 5.94. The summed E-state index contributed by atoms with van der Waals surface area (Å²) < 4.78 is 5.42. The summed E-state index contributed by atoms with van der Waals surface area (Å²) in [5.41, 5.74) is 7.23. The number of nitrogens with two attached hydrogens (primary N) is 1. The Hall–Kier alpha value is -4.93. The molecule has 45 heavy (non-hydrogen) atoms. The molecule has 5 amide bonds. The highest BCUT2D eigenvalue weighted by Crippen LogP contribution is 2.33. The van der Waals surface area contributed by atoms with Crippen molar-refractivity contribution in [3.63, 3.8) is 0 Å². The Bertz CT molecular complexity index is 1540. The van der Waals surface area contributed by atoms with Crippen LogP contribution in [0.5, 0.6) is 0 Å². The summed E-state index contributed by atoms with van der Waals surface area (Å²) in [5.74, 6) is -2.25. The third-order valence-corrected chi connectivity index (χ3v) is 8.37. The standard InChI is InChI=1S/C34H39N5O6/c35-30(40)27(19-25-15-16-36-31(25)41)37-32(42)28(17-21-13-14-21)38-33(43)29(39-34(44)45-20-22-7-2-1-3-8-22)18-24-11-6-10-23-9-4-5-12-26(23)24/h1-12,21,25,27-29H,13-20H2,(H2,35,40)(H,36,41)(H,37,42)(H,38,43)(H,39,44)/t25-,27-,28-,29-/m0/s1. The molecular weight excluding hydrogens is 574 g/mol. The van der Waals surface area contributed by atoms with Gasteiger partial charge in [0.05, 0.1) is 0 Å². The van der Waals surface area contributed by atoms with Gasteiger partial charge in [-0.1, -0.05) is 85.6 Å². The van der Waals surface area contributed by atoms with Gasteiger partial charge in [-0.25, -0.2) is 4.79 Å². The van der Waals surface area contributed by atoms with E-state index in [1.807, 2.05) is 72.8 Å². The van der Waals surface area contributed by atoms with E-state index in [1.165, 1.54) is 0 Å². The maximum absolute atomic E-state index is 13.8. The van der Waals surface area contributed by atoms with Gasteiger partial charge in [-0.3, -0.25) is 19.2 Å². The maximum Gasteiger partial charge on any atom is 0.408 e. The van der Waals surface area contributed by atoms with Crippen LogP contribution in [0.4, 0.5) is 4.79 Å². The molecule has 1 saturated carbocycles. The Morgan fingerprint density at radius 3 is 2.20 bits per heavy atom. The maximum atomic E-state index is 13.8. The number of hydrogen-bond donors (Lipinski definition) is 5. The molecule has 0 unspecified atom stereocenters. The highest BCUT2D eigenvalue weighted by atomic mass is 16.5. The van der Waals surface area contributed by atoms with E-state index >= 15 is 0 Å². The number of rotatable bonds is 14. The zero-order chi connectivity index (χ0) is 31.8. The van der Waals surface area contributed by atoms with E-state index in [4.69, 9.17) is 10.5 Å². The first-order chi connectivity index (χ1) is 21.8. The second kappa shape index (κ2) is 14.7. The molecule has 11 nitrogen and oxygen atoms in total. The summed E-state index contributed by atoms with van der Waals surface area (Å²) in [5, 5.41) is 12.8. The van der Waals surface area contributed by atoms with Crippen LogP contribution >= 0.6 is 0 Å². The second-order valence-electron chi connectivity index (χ2n) is 11.8. The number of ether oxygens (including phenoxy) is 1. The first-order valence-electron chi connectivity index (χ1n) is 15.4. The Morgan fingerprint density at radius 1 is 0.800 bits per heavy atom. The lowest BCUT2D eigenvalue weighted by atomic mass is 9.97. The molecule has 4 atom stereocenters. The Kier molecular flexibility index (Phi) is 10.3. The molecule has 1 aliphatic heterocycles. The van der Waals surface area contributed by atoms with Gasteiger partial charge in [-0.05, 0) is 47.1 Å². The van der Waals surface area contributed by atoms with Gasteiger partial charge in [0.25, 0.3) is 0 Å². The van der Waals surface area contributed by atoms with Crippen LogP contribution in [0.1, 0.15) is 43.2 Å². The minimum Gasteiger partial charge on any atom is -0.445 e. The zero-order valence-corrected chi connectivity index (χ0v) is 25.0. The molecule has 0 spiro atoms. The van der Waals surface area contributed by atoms with Crippen molar-refractivity contribution in [2.75, 3.05) is 6.54 Å². The quantitative estimate of drug-likeness (QED) is 0.187. The number of amides is 5. The first-order valence-corrected chi connectivity index (χ1v) is 15.4. The third-order valence-electron chi connectivity index (χ3n) is 8.37. The van der Waals surface area contributed by atoms with Gasteiger partial charge in [0.1, 0.15) is 24.7 Å². The van der Waals surface area contributed by atoms with Gasteiger partial charge in [0.15, 0.2) is 0 Å². The van der Waals surface area contributed by atoms with Gasteiger partial charge in [0.2, 0.25) is 23.6 Å². The minimum absolute atomic E-state index is 0.0233. The van der Waals surface area contributed by atoms with E-state index in [0.717, 1.165) is 34.7 Å². The van der Waals surface area contributed by atoms with Crippen LogP contribution in [0.25, 0.3) is 10.8 Å². The first kappa shape index (κ1) is 31.5. The van der Waals surface area contributed by atoms with E-state index in [9.17, 15) is 24.0 Å². The van der Waals surface area contributed by atoms with Gasteiger partial charge < -0.3 is 31.7 Å². The number of carbonyl (C=O) groups is 5. The molecule has 1 saturated heterocycles. The summed E-state index contributed by atoms with van der Waals surface area (Å²) in [4.78, 5) is 64.6. The van der Waals surface area contributed by atoms with Crippen LogP contribution in [0.2, 0.25) is 0 Å². The number of nitrogens with one attached hydrogen (secondary N) is 4. The summed E-state index contributed by atoms with van der Waals surface area (Å²) in [6, 6.07) is 19.6. The zero-order valence-electron chi connectivity index (χ0n) is 25.0. The predicted molar refractivity (Wildman–Crippen MR) is 167 cm³/mol. The van der Waals surface area contributed by atoms with E-state index in [1.54, 1.807) is 0 Å². The number of primary amides is 1. The molecule has 6 N–H and O–H groups in total. The molecule has 236 valence electrons. The fourth-order valence-corrected chi connectivity index (χ4v) is 5.67. The van der Waals surface area contributed by atoms with Crippen molar-refractivity contribution < 1.29 is 28.7 Å². The summed E-state index contributed by atoms with van der Waals surface area (Å²) >= 11 is 0. The van der Waals surface area contributed by atoms with Gasteiger partial charge in [0, 0.05) is 18.9 Å². The molecule has 1 heterocycles. The Balaban J connectivity index is 1.32. The topological polar surface area (TPSA) is 169 Å². The average molecular weight is 614 g/mol. The van der Waals surface area contributed by atoms with Crippen molar-refractivity contribution in [1.29, 1.82) is 0 Å². The monoisotopic (exact) mass is 613 g/mol. The molecular formula is C34H39N5O6. The van der Waals surface area contributed by atoms with Crippen molar-refractivity contribution >= 4 is 40.5 Å². The normalized spacial score (nSPS) is 17.9. The van der Waals surface area contributed by atoms with Gasteiger partial charge in [-0.2, -0.15) is 0 Å². The van der Waals surface area contributed by atoms with Crippen molar-refractivity contribution in [3.05, 3.63) is 83.9 Å². The number of benzene rings is 3. The predicted octanol–water partition coefficient (Wildman–Crippen LogP) is 2.46. The van der Waals surface area contributed by atoms with Crippen molar-refractivity contribution in [2.24, 2.45) is 17.6 Å². The molecule has 2 aliphatic rings. The SMILES string of the molecule is NC(=O)[C@H](C[C@@H]1CCNC1=O)NC(=O)[C@H](CC1CC1)NC(=O)[C@H](Cc1cccc2ccccc12)NC(=O)OCc1ccccc1. The number of carbonyl (C=O) groups excluding carboxylic acids is 5. The number of hydrogen-bond acceptors (Lipinski definition) is 6. The van der Waals surface area contributed by atoms with Gasteiger partial charge in [-0.15, -0.1) is 0 Å². The summed E-state index contributed by atoms with van der Waals surface area (Å²) in [7, 11) is 0. The van der Waals surface area contributed by atoms with Crippen LogP contribution in [0.15, 0.2) is 72.8 Å². The molecule has 0 aromatic heterocycles. The largest absolute Gasteiger partial charge is 0.445 e. The Morgan fingerprint density at radius 2 is 1.49 bits per heavy atom. The fraction of sp³-hybridized carbons (Fsp3) is 0.382. The molecule has 11 heteroatoms. The highest BCUT2D eigenvalue weighted by Gasteiger charge is 2.36. The number of fused-ring (bicyclic) bond motifs is 1. The third kappa shape index (κ3) is 8.81. The summed E-state index contributed by atoms with van der Waals surface area (Å²) in [6.07, 6.45) is 2.21. The number of alkyl carbamates (subject to hydrolysis) is 1. The molecule has 5 rings (SSSR count). The van der Waals surface area contributed by atoms with E-state index in [0.29, 0.717) is 19.4 Å². The lowest BCUT2D eigenvalue weighted by molar-refractivity contribution is -0.132. The lowest BCUT2D eigenvalue weighted by Crippen LogP contribution is -2.57. The molecule has 3 aromatic rings. The average Bonchev–Trinajstić information content (AvgIpc) is 3.77. The molecule has 3 aromatic carbocycles. The summed E-state index contributed by atoms with van der Waals surface area (Å²) in [6.45, 7) is 0.525. The molecule has 1 aliphatic carbocycles. The van der Waals surface area contributed by atoms with Crippen LogP contribution in [-0.2, 0) is 36.9 Å². The van der Waals surface area contributed by atoms with Crippen molar-refractivity contribution in [1.82, 2.24) is 21.3 Å². The fourth-order valence-electron chi connectivity index (χ4n) is 5.67. The van der Waals surface area contributed by atoms with E-state index < -0.39 is 47.9 Å². The molecule has 2 fully saturated rings. The van der Waals surface area contributed by atoms with E-state index in [-0.39, 0.29) is 31.3 Å². The molecule has 0 radical (unpaired) electrons. The lowest BCUT2D eigenvalue weighted by Gasteiger charge is -2.25. The Labute approximate surface area is 261 Å². The van der Waals surface area contributed by atoms with Crippen molar-refractivity contribution in [3.8, 4) is 0 Å². The van der Waals surface area contributed by atoms with Crippen LogP contribution < -0.4 is 27.0 Å². The smallest absolute Gasteiger partial charge is 0.408 e.